The molecule has 0 atom stereocenters. The minimum atomic E-state index is -0.868. The minimum Gasteiger partial charge on any atom is -0.462 e. The van der Waals surface area contributed by atoms with Gasteiger partial charge in [-0.1, -0.05) is 30.3 Å². The maximum absolute atomic E-state index is 12.2. The molecular weight excluding hydrogens is 298 g/mol. The number of ether oxygens (including phenoxy) is 2. The summed E-state index contributed by atoms with van der Waals surface area (Å²) in [4.78, 5) is 37.2. The largest absolute Gasteiger partial charge is 0.462 e. The molecule has 23 heavy (non-hydrogen) atoms. The number of hydrogen-bond donors (Lipinski definition) is 0. The monoisotopic (exact) mass is 319 g/mol. The van der Waals surface area contributed by atoms with E-state index < -0.39 is 23.4 Å². The van der Waals surface area contributed by atoms with Crippen molar-refractivity contribution < 1.29 is 23.9 Å². The van der Waals surface area contributed by atoms with Crippen molar-refractivity contribution in [1.29, 1.82) is 0 Å². The summed E-state index contributed by atoms with van der Waals surface area (Å²) in [5.41, 5.74) is 0.532. The Bertz CT molecular complexity index is 560. The third kappa shape index (κ3) is 5.94. The van der Waals surface area contributed by atoms with Gasteiger partial charge in [-0.25, -0.2) is 9.59 Å². The molecule has 0 saturated heterocycles. The van der Waals surface area contributed by atoms with Crippen LogP contribution < -0.4 is 0 Å². The molecule has 0 bridgehead atoms. The number of nitrogens with zero attached hydrogens (tertiary/aromatic N) is 1. The van der Waals surface area contributed by atoms with Crippen LogP contribution in [0.5, 0.6) is 0 Å². The highest BCUT2D eigenvalue weighted by Crippen LogP contribution is 2.07. The van der Waals surface area contributed by atoms with E-state index in [4.69, 9.17) is 9.47 Å². The maximum Gasteiger partial charge on any atom is 0.345 e. The lowest BCUT2D eigenvalue weighted by Gasteiger charge is -2.16. The van der Waals surface area contributed by atoms with E-state index in [9.17, 15) is 14.4 Å². The van der Waals surface area contributed by atoms with Crippen LogP contribution in [0.1, 0.15) is 19.4 Å². The number of likely N-dealkylation sites (N-methyl/N-ethyl adjacent to an activating group) is 1. The first kappa shape index (κ1) is 18.4. The van der Waals surface area contributed by atoms with Crippen LogP contribution in [-0.4, -0.2) is 43.0 Å². The van der Waals surface area contributed by atoms with Gasteiger partial charge in [-0.2, -0.15) is 0 Å². The lowest BCUT2D eigenvalue weighted by molar-refractivity contribution is -0.147. The quantitative estimate of drug-likeness (QED) is 0.331. The zero-order valence-electron chi connectivity index (χ0n) is 13.6. The molecule has 0 aliphatic carbocycles. The minimum absolute atomic E-state index is 0.101. The number of rotatable bonds is 7. The first-order chi connectivity index (χ1) is 11.0. The molecule has 0 radical (unpaired) electrons. The van der Waals surface area contributed by atoms with Gasteiger partial charge in [-0.05, 0) is 19.4 Å². The van der Waals surface area contributed by atoms with Crippen LogP contribution >= 0.6 is 0 Å². The summed E-state index contributed by atoms with van der Waals surface area (Å²) in [6, 6.07) is 9.37. The van der Waals surface area contributed by atoms with Gasteiger partial charge in [0.2, 0.25) is 5.91 Å². The summed E-state index contributed by atoms with van der Waals surface area (Å²) in [6.45, 7) is 3.79. The van der Waals surface area contributed by atoms with E-state index in [-0.39, 0.29) is 13.2 Å². The molecule has 0 heterocycles. The molecular formula is C17H21NO5. The van der Waals surface area contributed by atoms with Crippen molar-refractivity contribution in [2.75, 3.05) is 20.3 Å². The molecule has 1 aromatic carbocycles. The van der Waals surface area contributed by atoms with E-state index in [1.807, 2.05) is 30.3 Å². The van der Waals surface area contributed by atoms with Crippen molar-refractivity contribution in [3.63, 3.8) is 0 Å². The summed E-state index contributed by atoms with van der Waals surface area (Å²) < 4.78 is 9.58. The Morgan fingerprint density at radius 3 is 2.00 bits per heavy atom. The highest BCUT2D eigenvalue weighted by Gasteiger charge is 2.23. The Morgan fingerprint density at radius 1 is 1.00 bits per heavy atom. The van der Waals surface area contributed by atoms with Crippen molar-refractivity contribution in [2.45, 2.75) is 20.4 Å². The molecule has 0 N–H and O–H groups in total. The fraction of sp³-hybridized carbons (Fsp3) is 0.353. The van der Waals surface area contributed by atoms with Crippen LogP contribution in [0.3, 0.4) is 0 Å². The predicted octanol–water partition coefficient (Wildman–Crippen LogP) is 1.70. The van der Waals surface area contributed by atoms with Crippen molar-refractivity contribution in [3.8, 4) is 0 Å². The molecule has 0 aromatic heterocycles. The first-order valence-corrected chi connectivity index (χ1v) is 7.34. The molecule has 1 amide bonds. The second-order valence-corrected chi connectivity index (χ2v) is 4.68. The third-order valence-corrected chi connectivity index (χ3v) is 2.90. The first-order valence-electron chi connectivity index (χ1n) is 7.34. The van der Waals surface area contributed by atoms with Crippen LogP contribution in [-0.2, 0) is 30.4 Å². The Kier molecular flexibility index (Phi) is 7.53. The van der Waals surface area contributed by atoms with Gasteiger partial charge in [0.05, 0.1) is 13.2 Å². The second kappa shape index (κ2) is 9.40. The molecule has 0 fully saturated rings. The van der Waals surface area contributed by atoms with Crippen LogP contribution in [0.25, 0.3) is 0 Å². The van der Waals surface area contributed by atoms with Gasteiger partial charge < -0.3 is 14.4 Å². The molecule has 0 saturated carbocycles. The van der Waals surface area contributed by atoms with Crippen molar-refractivity contribution in [1.82, 2.24) is 4.90 Å². The second-order valence-electron chi connectivity index (χ2n) is 4.68. The van der Waals surface area contributed by atoms with Gasteiger partial charge in [-0.15, -0.1) is 0 Å². The lowest BCUT2D eigenvalue weighted by atomic mass is 10.2. The molecule has 0 unspecified atom stereocenters. The highest BCUT2D eigenvalue weighted by molar-refractivity contribution is 6.17. The predicted molar refractivity (Wildman–Crippen MR) is 84.3 cm³/mol. The molecule has 0 aliphatic rings. The fourth-order valence-corrected chi connectivity index (χ4v) is 1.79. The molecule has 6 nitrogen and oxygen atoms in total. The number of carbonyl (C=O) groups is 3. The van der Waals surface area contributed by atoms with Crippen molar-refractivity contribution >= 4 is 17.8 Å². The number of hydrogen-bond acceptors (Lipinski definition) is 5. The van der Waals surface area contributed by atoms with Gasteiger partial charge in [0.1, 0.15) is 5.57 Å². The van der Waals surface area contributed by atoms with E-state index >= 15 is 0 Å². The smallest absolute Gasteiger partial charge is 0.345 e. The van der Waals surface area contributed by atoms with E-state index in [1.54, 1.807) is 20.9 Å². The van der Waals surface area contributed by atoms with E-state index in [0.29, 0.717) is 6.54 Å². The van der Waals surface area contributed by atoms with E-state index in [2.05, 4.69) is 0 Å². The van der Waals surface area contributed by atoms with Gasteiger partial charge >= 0.3 is 11.9 Å². The Hall–Kier alpha value is -2.63. The Balaban J connectivity index is 2.88. The topological polar surface area (TPSA) is 72.9 Å². The average molecular weight is 319 g/mol. The molecule has 6 heteroatoms. The lowest BCUT2D eigenvalue weighted by Crippen LogP contribution is -2.27. The molecule has 1 rings (SSSR count). The number of amides is 1. The summed E-state index contributed by atoms with van der Waals surface area (Å²) >= 11 is 0. The molecule has 124 valence electrons. The normalized spacial score (nSPS) is 9.70. The summed E-state index contributed by atoms with van der Waals surface area (Å²) in [5.74, 6) is -2.22. The number of carbonyl (C=O) groups excluding carboxylic acids is 3. The van der Waals surface area contributed by atoms with Crippen LogP contribution in [0.15, 0.2) is 42.0 Å². The zero-order valence-corrected chi connectivity index (χ0v) is 13.6. The van der Waals surface area contributed by atoms with Gasteiger partial charge in [-0.3, -0.25) is 4.79 Å². The summed E-state index contributed by atoms with van der Waals surface area (Å²) in [6.07, 6.45) is 0.957. The third-order valence-electron chi connectivity index (χ3n) is 2.90. The van der Waals surface area contributed by atoms with Gasteiger partial charge in [0, 0.05) is 19.7 Å². The molecule has 1 aromatic rings. The fourth-order valence-electron chi connectivity index (χ4n) is 1.79. The summed E-state index contributed by atoms with van der Waals surface area (Å²) in [7, 11) is 1.58. The SMILES string of the molecule is CCOC(=O)C(=CC(=O)N(C)Cc1ccccc1)C(=O)OCC. The van der Waals surface area contributed by atoms with Crippen LogP contribution in [0, 0.1) is 0 Å². The Labute approximate surface area is 135 Å². The zero-order chi connectivity index (χ0) is 17.2. The van der Waals surface area contributed by atoms with E-state index in [1.165, 1.54) is 4.90 Å². The standard InChI is InChI=1S/C17H21NO5/c1-4-22-16(20)14(17(21)23-5-2)11-15(19)18(3)12-13-9-7-6-8-10-13/h6-11H,4-5,12H2,1-3H3. The molecule has 0 spiro atoms. The number of esters is 2. The molecule has 0 aliphatic heterocycles. The van der Waals surface area contributed by atoms with Gasteiger partial charge in [0.15, 0.2) is 0 Å². The highest BCUT2D eigenvalue weighted by atomic mass is 16.6. The Morgan fingerprint density at radius 2 is 1.52 bits per heavy atom. The summed E-state index contributed by atoms with van der Waals surface area (Å²) in [5, 5.41) is 0. The van der Waals surface area contributed by atoms with Gasteiger partial charge in [0.25, 0.3) is 0 Å². The van der Waals surface area contributed by atoms with Crippen LogP contribution in [0.2, 0.25) is 0 Å². The van der Waals surface area contributed by atoms with Crippen molar-refractivity contribution in [2.24, 2.45) is 0 Å². The van der Waals surface area contributed by atoms with Crippen molar-refractivity contribution in [3.05, 3.63) is 47.5 Å². The number of benzene rings is 1. The van der Waals surface area contributed by atoms with Crippen LogP contribution in [0.4, 0.5) is 0 Å². The maximum atomic E-state index is 12.2. The average Bonchev–Trinajstić information content (AvgIpc) is 2.53. The van der Waals surface area contributed by atoms with E-state index in [0.717, 1.165) is 11.6 Å².